The van der Waals surface area contributed by atoms with Crippen LogP contribution in [0, 0.1) is 0 Å². The summed E-state index contributed by atoms with van der Waals surface area (Å²) in [5, 5.41) is 6.48. The number of rotatable bonds is 11. The van der Waals surface area contributed by atoms with E-state index in [1.54, 1.807) is 14.1 Å². The lowest BCUT2D eigenvalue weighted by Crippen LogP contribution is -2.41. The molecule has 0 saturated carbocycles. The Labute approximate surface area is 157 Å². The van der Waals surface area contributed by atoms with E-state index in [1.165, 1.54) is 10.6 Å². The molecule has 0 aliphatic rings. The second kappa shape index (κ2) is 13.0. The van der Waals surface area contributed by atoms with Crippen LogP contribution in [0.3, 0.4) is 0 Å². The van der Waals surface area contributed by atoms with Crippen LogP contribution in [0.1, 0.15) is 13.3 Å². The van der Waals surface area contributed by atoms with Crippen molar-refractivity contribution in [1.29, 1.82) is 0 Å². The van der Waals surface area contributed by atoms with E-state index in [4.69, 9.17) is 4.74 Å². The van der Waals surface area contributed by atoms with Gasteiger partial charge < -0.3 is 25.2 Å². The van der Waals surface area contributed by atoms with Gasteiger partial charge in [0.05, 0.1) is 6.61 Å². The number of hydrogen-bond acceptors (Lipinski definition) is 4. The maximum atomic E-state index is 11.7. The third-order valence-electron chi connectivity index (χ3n) is 3.77. The standard InChI is InChI=1S/C19H33N5O2/c1-5-26-15-13-21-19(22-16-18(25)23(2)3)20-12-9-14-24(4)17-10-7-6-8-11-17/h6-8,10-11H,5,9,12-16H2,1-4H3,(H2,20,21,22). The van der Waals surface area contributed by atoms with Crippen LogP contribution < -0.4 is 15.5 Å². The monoisotopic (exact) mass is 363 g/mol. The first-order valence-corrected chi connectivity index (χ1v) is 9.10. The SMILES string of the molecule is CCOCCNC(=NCC(=O)N(C)C)NCCCN(C)c1ccccc1. The van der Waals surface area contributed by atoms with Crippen LogP contribution >= 0.6 is 0 Å². The van der Waals surface area contributed by atoms with Gasteiger partial charge in [0.25, 0.3) is 0 Å². The molecule has 146 valence electrons. The number of ether oxygens (including phenoxy) is 1. The minimum Gasteiger partial charge on any atom is -0.380 e. The van der Waals surface area contributed by atoms with Gasteiger partial charge in [-0.1, -0.05) is 18.2 Å². The average molecular weight is 364 g/mol. The van der Waals surface area contributed by atoms with Gasteiger partial charge in [-0.25, -0.2) is 4.99 Å². The summed E-state index contributed by atoms with van der Waals surface area (Å²) in [6.45, 7) is 5.74. The highest BCUT2D eigenvalue weighted by atomic mass is 16.5. The van der Waals surface area contributed by atoms with Crippen molar-refractivity contribution in [3.05, 3.63) is 30.3 Å². The lowest BCUT2D eigenvalue weighted by molar-refractivity contribution is -0.127. The Bertz CT molecular complexity index is 534. The summed E-state index contributed by atoms with van der Waals surface area (Å²) >= 11 is 0. The third kappa shape index (κ3) is 9.27. The fraction of sp³-hybridized carbons (Fsp3) is 0.579. The number of aliphatic imine (C=N–C) groups is 1. The zero-order valence-electron chi connectivity index (χ0n) is 16.5. The Kier molecular flexibility index (Phi) is 10.9. The number of carbonyl (C=O) groups excluding carboxylic acids is 1. The Morgan fingerprint density at radius 2 is 1.81 bits per heavy atom. The van der Waals surface area contributed by atoms with Gasteiger partial charge in [-0.05, 0) is 25.5 Å². The van der Waals surface area contributed by atoms with Crippen molar-refractivity contribution < 1.29 is 9.53 Å². The lowest BCUT2D eigenvalue weighted by atomic mass is 10.3. The number of amides is 1. The molecule has 0 aromatic heterocycles. The van der Waals surface area contributed by atoms with Crippen LogP contribution in [0.5, 0.6) is 0 Å². The number of benzene rings is 1. The Morgan fingerprint density at radius 1 is 1.12 bits per heavy atom. The summed E-state index contributed by atoms with van der Waals surface area (Å²) in [6.07, 6.45) is 0.958. The maximum absolute atomic E-state index is 11.7. The molecule has 7 heteroatoms. The number of para-hydroxylation sites is 1. The van der Waals surface area contributed by atoms with Crippen molar-refractivity contribution in [2.45, 2.75) is 13.3 Å². The van der Waals surface area contributed by atoms with Gasteiger partial charge in [0, 0.05) is 53.1 Å². The molecule has 2 N–H and O–H groups in total. The summed E-state index contributed by atoms with van der Waals surface area (Å²) in [7, 11) is 5.54. The van der Waals surface area contributed by atoms with Gasteiger partial charge in [-0.3, -0.25) is 4.79 Å². The minimum atomic E-state index is -0.0280. The van der Waals surface area contributed by atoms with E-state index in [2.05, 4.69) is 39.7 Å². The Balaban J connectivity index is 2.40. The normalized spacial score (nSPS) is 11.2. The highest BCUT2D eigenvalue weighted by Crippen LogP contribution is 2.10. The average Bonchev–Trinajstić information content (AvgIpc) is 2.65. The Morgan fingerprint density at radius 3 is 2.46 bits per heavy atom. The first kappa shape index (κ1) is 21.8. The van der Waals surface area contributed by atoms with E-state index < -0.39 is 0 Å². The summed E-state index contributed by atoms with van der Waals surface area (Å²) < 4.78 is 5.33. The molecule has 0 radical (unpaired) electrons. The summed E-state index contributed by atoms with van der Waals surface area (Å²) in [4.78, 5) is 19.8. The summed E-state index contributed by atoms with van der Waals surface area (Å²) in [6, 6.07) is 10.3. The van der Waals surface area contributed by atoms with E-state index in [-0.39, 0.29) is 12.5 Å². The molecule has 1 aromatic rings. The van der Waals surface area contributed by atoms with Gasteiger partial charge in [0.2, 0.25) is 5.91 Å². The second-order valence-electron chi connectivity index (χ2n) is 6.11. The van der Waals surface area contributed by atoms with Crippen LogP contribution in [-0.4, -0.2) is 77.3 Å². The first-order valence-electron chi connectivity index (χ1n) is 9.10. The number of nitrogens with one attached hydrogen (secondary N) is 2. The minimum absolute atomic E-state index is 0.0280. The predicted octanol–water partition coefficient (Wildman–Crippen LogP) is 1.17. The zero-order chi connectivity index (χ0) is 19.2. The fourth-order valence-corrected chi connectivity index (χ4v) is 2.18. The van der Waals surface area contributed by atoms with E-state index in [9.17, 15) is 4.79 Å². The fourth-order valence-electron chi connectivity index (χ4n) is 2.18. The number of carbonyl (C=O) groups is 1. The van der Waals surface area contributed by atoms with E-state index >= 15 is 0 Å². The number of nitrogens with zero attached hydrogens (tertiary/aromatic N) is 3. The van der Waals surface area contributed by atoms with Crippen LogP contribution in [0.25, 0.3) is 0 Å². The molecule has 0 unspecified atom stereocenters. The van der Waals surface area contributed by atoms with Crippen molar-refractivity contribution in [3.8, 4) is 0 Å². The van der Waals surface area contributed by atoms with Gasteiger partial charge in [0.15, 0.2) is 5.96 Å². The smallest absolute Gasteiger partial charge is 0.243 e. The molecule has 1 rings (SSSR count). The molecular weight excluding hydrogens is 330 g/mol. The number of likely N-dealkylation sites (N-methyl/N-ethyl adjacent to an activating group) is 1. The molecule has 1 aromatic carbocycles. The van der Waals surface area contributed by atoms with Crippen molar-refractivity contribution in [2.75, 3.05) is 65.4 Å². The quantitative estimate of drug-likeness (QED) is 0.351. The number of hydrogen-bond donors (Lipinski definition) is 2. The van der Waals surface area contributed by atoms with Crippen molar-refractivity contribution in [2.24, 2.45) is 4.99 Å². The Hall–Kier alpha value is -2.28. The van der Waals surface area contributed by atoms with E-state index in [1.807, 2.05) is 25.1 Å². The summed E-state index contributed by atoms with van der Waals surface area (Å²) in [5.41, 5.74) is 1.20. The molecule has 0 aliphatic carbocycles. The van der Waals surface area contributed by atoms with Crippen molar-refractivity contribution in [3.63, 3.8) is 0 Å². The molecule has 0 fully saturated rings. The van der Waals surface area contributed by atoms with Gasteiger partial charge in [-0.2, -0.15) is 0 Å². The molecular formula is C19H33N5O2. The topological polar surface area (TPSA) is 69.2 Å². The molecule has 26 heavy (non-hydrogen) atoms. The molecule has 0 saturated heterocycles. The summed E-state index contributed by atoms with van der Waals surface area (Å²) in [5.74, 6) is 0.613. The van der Waals surface area contributed by atoms with E-state index in [0.29, 0.717) is 25.7 Å². The van der Waals surface area contributed by atoms with Crippen LogP contribution in [0.15, 0.2) is 35.3 Å². The molecule has 1 amide bonds. The number of anilines is 1. The maximum Gasteiger partial charge on any atom is 0.243 e. The molecule has 0 atom stereocenters. The largest absolute Gasteiger partial charge is 0.380 e. The van der Waals surface area contributed by atoms with Crippen molar-refractivity contribution >= 4 is 17.6 Å². The third-order valence-corrected chi connectivity index (χ3v) is 3.77. The highest BCUT2D eigenvalue weighted by Gasteiger charge is 2.05. The molecule has 0 aliphatic heterocycles. The molecule has 7 nitrogen and oxygen atoms in total. The predicted molar refractivity (Wildman–Crippen MR) is 108 cm³/mol. The van der Waals surface area contributed by atoms with Crippen LogP contribution in [0.2, 0.25) is 0 Å². The highest BCUT2D eigenvalue weighted by molar-refractivity contribution is 5.84. The molecule has 0 bridgehead atoms. The van der Waals surface area contributed by atoms with Gasteiger partial charge in [0.1, 0.15) is 6.54 Å². The van der Waals surface area contributed by atoms with Gasteiger partial charge >= 0.3 is 0 Å². The molecule has 0 heterocycles. The van der Waals surface area contributed by atoms with Crippen LogP contribution in [0.4, 0.5) is 5.69 Å². The van der Waals surface area contributed by atoms with Gasteiger partial charge in [-0.15, -0.1) is 0 Å². The van der Waals surface area contributed by atoms with Crippen LogP contribution in [-0.2, 0) is 9.53 Å². The zero-order valence-corrected chi connectivity index (χ0v) is 16.5. The first-order chi connectivity index (χ1) is 12.5. The molecule has 0 spiro atoms. The van der Waals surface area contributed by atoms with Crippen molar-refractivity contribution in [1.82, 2.24) is 15.5 Å². The number of guanidine groups is 1. The second-order valence-corrected chi connectivity index (χ2v) is 6.11. The lowest BCUT2D eigenvalue weighted by Gasteiger charge is -2.20. The van der Waals surface area contributed by atoms with E-state index in [0.717, 1.165) is 19.5 Å².